The van der Waals surface area contributed by atoms with Gasteiger partial charge in [-0.3, -0.25) is 24.0 Å². The zero-order chi connectivity index (χ0) is 36.2. The average Bonchev–Trinajstić information content (AvgIpc) is 3.28. The minimum absolute atomic E-state index is 0. The van der Waals surface area contributed by atoms with Crippen LogP contribution in [0.4, 0.5) is 13.2 Å². The minimum atomic E-state index is -3.20. The molecule has 0 saturated carbocycles. The number of carbonyl (C=O) groups is 3. The largest absolute Gasteiger partial charge is 0.350 e. The Bertz CT molecular complexity index is 1510. The molecule has 0 aromatic carbocycles. The fraction of sp³-hybridized carbons (Fsp3) is 0.500. The van der Waals surface area contributed by atoms with Gasteiger partial charge in [0.15, 0.2) is 24.1 Å². The van der Waals surface area contributed by atoms with E-state index >= 15 is 0 Å². The molecule has 10 heteroatoms. The lowest BCUT2D eigenvalue weighted by molar-refractivity contribution is -0.122. The maximum atomic E-state index is 14.0. The highest BCUT2D eigenvalue weighted by atomic mass is 19.3. The molecule has 2 aliphatic rings. The summed E-state index contributed by atoms with van der Waals surface area (Å²) in [5.74, 6) is -5.22. The van der Waals surface area contributed by atoms with E-state index in [0.29, 0.717) is 17.8 Å². The van der Waals surface area contributed by atoms with Crippen molar-refractivity contribution in [1.82, 2.24) is 20.1 Å². The molecule has 1 unspecified atom stereocenters. The van der Waals surface area contributed by atoms with E-state index in [0.717, 1.165) is 23.9 Å². The summed E-state index contributed by atoms with van der Waals surface area (Å²) >= 11 is 0. The molecule has 7 nitrogen and oxygen atoms in total. The predicted octanol–water partition coefficient (Wildman–Crippen LogP) is 9.50. The Balaban J connectivity index is 0. The SMILES string of the molecule is C.CC(C)C(F)(F)c1c(F)cncc1C1=CC=C1.CC1=CCC(C)(CNC(=O)c2nn(C(C)(C)C)c(C)c2C)C=C1.CCC.O=CC=O.[HH]. The van der Waals surface area contributed by atoms with Gasteiger partial charge < -0.3 is 5.32 Å². The zero-order valence-corrected chi connectivity index (χ0v) is 29.7. The Kier molecular flexibility index (Phi) is 17.4. The van der Waals surface area contributed by atoms with Crippen molar-refractivity contribution < 1.29 is 29.0 Å². The summed E-state index contributed by atoms with van der Waals surface area (Å²) in [7, 11) is 0. The van der Waals surface area contributed by atoms with Crippen molar-refractivity contribution in [2.24, 2.45) is 11.3 Å². The van der Waals surface area contributed by atoms with Gasteiger partial charge in [-0.2, -0.15) is 5.10 Å². The molecule has 1 N–H and O–H groups in total. The van der Waals surface area contributed by atoms with Crippen LogP contribution in [0.15, 0.2) is 54.4 Å². The molecule has 1 atom stereocenters. The first-order chi connectivity index (χ1) is 21.8. The Hall–Kier alpha value is -4.08. The number of nitrogens with zero attached hydrogens (tertiary/aromatic N) is 3. The summed E-state index contributed by atoms with van der Waals surface area (Å²) in [6.45, 7) is 22.1. The molecule has 4 rings (SSSR count). The van der Waals surface area contributed by atoms with E-state index in [-0.39, 0.29) is 43.9 Å². The Morgan fingerprint density at radius 2 is 1.67 bits per heavy atom. The van der Waals surface area contributed by atoms with Crippen LogP contribution < -0.4 is 5.32 Å². The van der Waals surface area contributed by atoms with Crippen molar-refractivity contribution in [3.63, 3.8) is 0 Å². The maximum Gasteiger partial charge on any atom is 0.279 e. The Morgan fingerprint density at radius 3 is 2.06 bits per heavy atom. The number of carbonyl (C=O) groups excluding carboxylic acids is 3. The molecule has 1 amide bonds. The van der Waals surface area contributed by atoms with Gasteiger partial charge in [-0.25, -0.2) is 13.2 Å². The molecule has 0 fully saturated rings. The lowest BCUT2D eigenvalue weighted by atomic mass is 9.82. The number of hydrogen-bond donors (Lipinski definition) is 1. The van der Waals surface area contributed by atoms with Crippen LogP contribution in [-0.4, -0.2) is 39.8 Å². The Labute approximate surface area is 287 Å². The summed E-state index contributed by atoms with van der Waals surface area (Å²) in [6.07, 6.45) is 16.3. The van der Waals surface area contributed by atoms with E-state index in [1.807, 2.05) is 18.5 Å². The first kappa shape index (κ1) is 43.9. The molecule has 0 bridgehead atoms. The van der Waals surface area contributed by atoms with Crippen LogP contribution in [0.1, 0.15) is 117 Å². The van der Waals surface area contributed by atoms with Gasteiger partial charge in [0.05, 0.1) is 17.3 Å². The summed E-state index contributed by atoms with van der Waals surface area (Å²) in [4.78, 5) is 33.8. The number of amides is 1. The van der Waals surface area contributed by atoms with Crippen molar-refractivity contribution in [1.29, 1.82) is 0 Å². The normalized spacial score (nSPS) is 16.2. The summed E-state index contributed by atoms with van der Waals surface area (Å²) in [5.41, 5.74) is 3.87. The average molecular weight is 675 g/mol. The van der Waals surface area contributed by atoms with E-state index in [2.05, 4.69) is 82.1 Å². The second-order valence-electron chi connectivity index (χ2n) is 13.2. The number of pyridine rings is 1. The van der Waals surface area contributed by atoms with Crippen LogP contribution in [0.2, 0.25) is 0 Å². The van der Waals surface area contributed by atoms with Gasteiger partial charge in [0, 0.05) is 42.3 Å². The van der Waals surface area contributed by atoms with Gasteiger partial charge in [0.1, 0.15) is 0 Å². The third kappa shape index (κ3) is 11.9. The molecule has 2 heterocycles. The van der Waals surface area contributed by atoms with Gasteiger partial charge in [0.25, 0.3) is 11.8 Å². The number of nitrogens with one attached hydrogen (secondary N) is 1. The van der Waals surface area contributed by atoms with Crippen LogP contribution in [0.5, 0.6) is 0 Å². The maximum absolute atomic E-state index is 14.0. The molecular formula is C38H57F3N4O3. The smallest absolute Gasteiger partial charge is 0.279 e. The van der Waals surface area contributed by atoms with Crippen LogP contribution in [0.25, 0.3) is 5.57 Å². The lowest BCUT2D eigenvalue weighted by Crippen LogP contribution is -2.35. The number of allylic oxidation sites excluding steroid dienone is 7. The molecule has 0 spiro atoms. The van der Waals surface area contributed by atoms with Gasteiger partial charge in [0.2, 0.25) is 0 Å². The number of aromatic nitrogens is 3. The van der Waals surface area contributed by atoms with Gasteiger partial charge >= 0.3 is 0 Å². The first-order valence-electron chi connectivity index (χ1n) is 15.8. The second kappa shape index (κ2) is 19.1. The summed E-state index contributed by atoms with van der Waals surface area (Å²) in [6, 6.07) is 0. The van der Waals surface area contributed by atoms with Crippen LogP contribution in [0.3, 0.4) is 0 Å². The van der Waals surface area contributed by atoms with Crippen molar-refractivity contribution in [2.75, 3.05) is 6.54 Å². The highest BCUT2D eigenvalue weighted by Crippen LogP contribution is 2.41. The van der Waals surface area contributed by atoms with Crippen molar-refractivity contribution in [2.45, 2.75) is 108 Å². The molecule has 0 radical (unpaired) electrons. The standard InChI is InChI=1S/C19H29N3O.C13H12F3N.C3H8.C2H2O2.CH4.H2/c1-13-8-10-19(7,11-9-13)12-20-17(23)16-14(2)15(3)22(21-16)18(4,5)6;1-8(2)13(15,16)12-10(9-4-3-5-9)6-17-7-11(12)14;1-3-2;3-1-2-4;;/h8-10H,11-12H2,1-7H3,(H,20,23);3-8H,1-2H3;3H2,1-2H3;1-2H;1H4;1H. The first-order valence-corrected chi connectivity index (χ1v) is 15.8. The topological polar surface area (TPSA) is 93.9 Å². The van der Waals surface area contributed by atoms with Crippen molar-refractivity contribution >= 4 is 24.1 Å². The fourth-order valence-corrected chi connectivity index (χ4v) is 4.46. The molecular weight excluding hydrogens is 617 g/mol. The molecule has 2 aromatic heterocycles. The van der Waals surface area contributed by atoms with E-state index in [1.165, 1.54) is 32.0 Å². The van der Waals surface area contributed by atoms with Gasteiger partial charge in [-0.15, -0.1) is 0 Å². The highest BCUT2D eigenvalue weighted by Gasteiger charge is 2.41. The highest BCUT2D eigenvalue weighted by molar-refractivity contribution is 6.09. The van der Waals surface area contributed by atoms with E-state index in [4.69, 9.17) is 9.59 Å². The van der Waals surface area contributed by atoms with Crippen molar-refractivity contribution in [3.05, 3.63) is 88.3 Å². The third-order valence-corrected chi connectivity index (χ3v) is 7.43. The third-order valence-electron chi connectivity index (χ3n) is 7.43. The number of aldehydes is 2. The molecule has 268 valence electrons. The summed E-state index contributed by atoms with van der Waals surface area (Å²) in [5, 5.41) is 7.62. The zero-order valence-electron chi connectivity index (χ0n) is 29.7. The lowest BCUT2D eigenvalue weighted by Gasteiger charge is -2.27. The Morgan fingerprint density at radius 1 is 1.10 bits per heavy atom. The molecule has 2 aromatic rings. The predicted molar refractivity (Wildman–Crippen MR) is 192 cm³/mol. The van der Waals surface area contributed by atoms with Crippen molar-refractivity contribution in [3.8, 4) is 0 Å². The second-order valence-corrected chi connectivity index (χ2v) is 13.2. The van der Waals surface area contributed by atoms with E-state index in [9.17, 15) is 18.0 Å². The van der Waals surface area contributed by atoms with E-state index < -0.39 is 23.2 Å². The molecule has 0 aliphatic heterocycles. The van der Waals surface area contributed by atoms with Crippen LogP contribution in [-0.2, 0) is 21.1 Å². The van der Waals surface area contributed by atoms with Gasteiger partial charge in [-0.1, -0.05) is 90.5 Å². The summed E-state index contributed by atoms with van der Waals surface area (Å²) < 4.78 is 43.6. The molecule has 48 heavy (non-hydrogen) atoms. The molecule has 2 aliphatic carbocycles. The number of halogens is 3. The number of rotatable bonds is 7. The van der Waals surface area contributed by atoms with Gasteiger partial charge in [-0.05, 0) is 53.5 Å². The minimum Gasteiger partial charge on any atom is -0.350 e. The van der Waals surface area contributed by atoms with Crippen LogP contribution in [0, 0.1) is 31.0 Å². The number of alkyl halides is 2. The number of hydrogen-bond acceptors (Lipinski definition) is 5. The van der Waals surface area contributed by atoms with E-state index in [1.54, 1.807) is 18.2 Å². The quantitative estimate of drug-likeness (QED) is 0.233. The molecule has 0 saturated heterocycles. The monoisotopic (exact) mass is 674 g/mol. The fourth-order valence-electron chi connectivity index (χ4n) is 4.46. The van der Waals surface area contributed by atoms with Crippen LogP contribution >= 0.6 is 0 Å².